The number of amides is 2. The molecule has 200 valence electrons. The van der Waals surface area contributed by atoms with Crippen LogP contribution in [0.1, 0.15) is 38.3 Å². The lowest BCUT2D eigenvalue weighted by Gasteiger charge is -2.35. The first-order chi connectivity index (χ1) is 17.9. The normalized spacial score (nSPS) is 20.5. The Bertz CT molecular complexity index is 1050. The molecule has 0 radical (unpaired) electrons. The average Bonchev–Trinajstić information content (AvgIpc) is 2.90. The van der Waals surface area contributed by atoms with Crippen LogP contribution in [-0.2, 0) is 22.6 Å². The Morgan fingerprint density at radius 3 is 2.41 bits per heavy atom. The van der Waals surface area contributed by atoms with Gasteiger partial charge in [-0.1, -0.05) is 50.3 Å². The summed E-state index contributed by atoms with van der Waals surface area (Å²) in [5.74, 6) is 0.230. The molecule has 0 bridgehead atoms. The molecule has 0 aromatic heterocycles. The summed E-state index contributed by atoms with van der Waals surface area (Å²) < 4.78 is 0. The van der Waals surface area contributed by atoms with Gasteiger partial charge in [-0.2, -0.15) is 0 Å². The topological polar surface area (TPSA) is 67.3 Å². The van der Waals surface area contributed by atoms with Crippen molar-refractivity contribution in [2.75, 3.05) is 52.4 Å². The number of β-amino-alcohol motifs (C(OH)–C–C–N with tert-alkyl or cyclic N) is 1. The lowest BCUT2D eigenvalue weighted by Crippen LogP contribution is -2.48. The van der Waals surface area contributed by atoms with Gasteiger partial charge in [-0.05, 0) is 48.7 Å². The minimum atomic E-state index is -0.581. The zero-order valence-corrected chi connectivity index (χ0v) is 22.6. The fourth-order valence-electron chi connectivity index (χ4n) is 5.46. The molecule has 1 fully saturated rings. The van der Waals surface area contributed by atoms with Crippen LogP contribution in [0, 0.1) is 5.92 Å². The Labute approximate surface area is 221 Å². The molecule has 3 aliphatic heterocycles. The van der Waals surface area contributed by atoms with Gasteiger partial charge in [0, 0.05) is 70.4 Å². The number of carbonyl (C=O) groups excluding carboxylic acids is 2. The summed E-state index contributed by atoms with van der Waals surface area (Å²) in [5.41, 5.74) is 4.46. The zero-order chi connectivity index (χ0) is 26.4. The molecule has 1 N–H and O–H groups in total. The van der Waals surface area contributed by atoms with E-state index in [2.05, 4.69) is 46.3 Å². The van der Waals surface area contributed by atoms with Gasteiger partial charge in [-0.3, -0.25) is 14.5 Å². The molecule has 1 saturated heterocycles. The van der Waals surface area contributed by atoms with E-state index in [0.717, 1.165) is 57.7 Å². The highest BCUT2D eigenvalue weighted by atomic mass is 16.3. The number of hydrogen-bond donors (Lipinski definition) is 1. The van der Waals surface area contributed by atoms with Gasteiger partial charge in [-0.25, -0.2) is 0 Å². The van der Waals surface area contributed by atoms with Crippen molar-refractivity contribution in [1.29, 1.82) is 0 Å². The molecular weight excluding hydrogens is 464 g/mol. The van der Waals surface area contributed by atoms with Gasteiger partial charge in [0.05, 0.1) is 6.10 Å². The summed E-state index contributed by atoms with van der Waals surface area (Å²) >= 11 is 0. The van der Waals surface area contributed by atoms with Crippen LogP contribution in [0.3, 0.4) is 0 Å². The first-order valence-corrected chi connectivity index (χ1v) is 13.7. The van der Waals surface area contributed by atoms with Crippen molar-refractivity contribution < 1.29 is 14.7 Å². The Morgan fingerprint density at radius 1 is 0.973 bits per heavy atom. The van der Waals surface area contributed by atoms with Gasteiger partial charge in [0.25, 0.3) is 5.91 Å². The fourth-order valence-corrected chi connectivity index (χ4v) is 5.46. The largest absolute Gasteiger partial charge is 0.390 e. The van der Waals surface area contributed by atoms with E-state index in [4.69, 9.17) is 0 Å². The van der Waals surface area contributed by atoms with Crippen molar-refractivity contribution in [2.24, 2.45) is 5.92 Å². The molecule has 1 aromatic carbocycles. The maximum Gasteiger partial charge on any atom is 0.254 e. The number of fused-ring (bicyclic) bond motifs is 1. The SMILES string of the molecule is C/C=C\C1=C(/C=C/N2CCN(C(=O)C(C)C)CC2)CCN(CC(O)CN2CCc3ccccc3C2)C1=O. The number of nitrogens with zero attached hydrogens (tertiary/aromatic N) is 4. The molecule has 37 heavy (non-hydrogen) atoms. The maximum atomic E-state index is 13.4. The van der Waals surface area contributed by atoms with E-state index in [0.29, 0.717) is 25.2 Å². The second kappa shape index (κ2) is 12.6. The average molecular weight is 507 g/mol. The summed E-state index contributed by atoms with van der Waals surface area (Å²) in [6.07, 6.45) is 9.11. The molecular formula is C30H42N4O3. The van der Waals surface area contributed by atoms with Crippen LogP contribution >= 0.6 is 0 Å². The maximum absolute atomic E-state index is 13.4. The molecule has 1 aromatic rings. The number of benzene rings is 1. The number of rotatable bonds is 8. The van der Waals surface area contributed by atoms with Gasteiger partial charge in [0.2, 0.25) is 5.91 Å². The molecule has 3 heterocycles. The van der Waals surface area contributed by atoms with Crippen LogP contribution in [0.5, 0.6) is 0 Å². The third-order valence-corrected chi connectivity index (χ3v) is 7.56. The Kier molecular flexibility index (Phi) is 9.22. The Hall–Kier alpha value is -2.90. The number of hydrogen-bond acceptors (Lipinski definition) is 5. The van der Waals surface area contributed by atoms with E-state index in [1.54, 1.807) is 4.90 Å². The number of piperazine rings is 1. The molecule has 1 unspecified atom stereocenters. The highest BCUT2D eigenvalue weighted by molar-refractivity contribution is 5.98. The first-order valence-electron chi connectivity index (χ1n) is 13.7. The molecule has 0 spiro atoms. The third-order valence-electron chi connectivity index (χ3n) is 7.56. The molecule has 0 aliphatic carbocycles. The van der Waals surface area contributed by atoms with Crippen LogP contribution in [0.4, 0.5) is 0 Å². The number of aliphatic hydroxyl groups is 1. The van der Waals surface area contributed by atoms with E-state index in [1.165, 1.54) is 11.1 Å². The predicted octanol–water partition coefficient (Wildman–Crippen LogP) is 2.82. The lowest BCUT2D eigenvalue weighted by molar-refractivity contribution is -0.135. The molecule has 7 nitrogen and oxygen atoms in total. The first kappa shape index (κ1) is 27.1. The second-order valence-corrected chi connectivity index (χ2v) is 10.7. The third kappa shape index (κ3) is 6.90. The minimum absolute atomic E-state index is 0.0145. The predicted molar refractivity (Wildman–Crippen MR) is 147 cm³/mol. The fraction of sp³-hybridized carbons (Fsp3) is 0.533. The van der Waals surface area contributed by atoms with Crippen LogP contribution in [0.15, 0.2) is 59.8 Å². The Balaban J connectivity index is 1.32. The summed E-state index contributed by atoms with van der Waals surface area (Å²) in [4.78, 5) is 33.8. The molecule has 7 heteroatoms. The van der Waals surface area contributed by atoms with Crippen molar-refractivity contribution in [3.63, 3.8) is 0 Å². The molecule has 4 rings (SSSR count). The van der Waals surface area contributed by atoms with Crippen LogP contribution < -0.4 is 0 Å². The molecule has 2 amide bonds. The second-order valence-electron chi connectivity index (χ2n) is 10.7. The number of aliphatic hydroxyl groups excluding tert-OH is 1. The number of allylic oxidation sites excluding steroid dienone is 2. The van der Waals surface area contributed by atoms with E-state index in [1.807, 2.05) is 37.8 Å². The lowest BCUT2D eigenvalue weighted by atomic mass is 9.97. The summed E-state index contributed by atoms with van der Waals surface area (Å²) in [5, 5.41) is 10.9. The van der Waals surface area contributed by atoms with Crippen molar-refractivity contribution in [3.8, 4) is 0 Å². The van der Waals surface area contributed by atoms with Gasteiger partial charge in [-0.15, -0.1) is 0 Å². The van der Waals surface area contributed by atoms with Gasteiger partial charge < -0.3 is 19.8 Å². The van der Waals surface area contributed by atoms with E-state index in [-0.39, 0.29) is 17.7 Å². The van der Waals surface area contributed by atoms with Crippen LogP contribution in [-0.4, -0.2) is 95.0 Å². The van der Waals surface area contributed by atoms with Crippen molar-refractivity contribution >= 4 is 11.8 Å². The highest BCUT2D eigenvalue weighted by Crippen LogP contribution is 2.23. The van der Waals surface area contributed by atoms with Crippen molar-refractivity contribution in [1.82, 2.24) is 19.6 Å². The van der Waals surface area contributed by atoms with Gasteiger partial charge in [0.15, 0.2) is 0 Å². The summed E-state index contributed by atoms with van der Waals surface area (Å²) in [7, 11) is 0. The summed E-state index contributed by atoms with van der Waals surface area (Å²) in [6, 6.07) is 8.50. The Morgan fingerprint density at radius 2 is 1.70 bits per heavy atom. The minimum Gasteiger partial charge on any atom is -0.390 e. The zero-order valence-electron chi connectivity index (χ0n) is 22.6. The standard InChI is InChI=1S/C30H42N4O3/c1-4-7-28-25(11-13-31-16-18-33(19-17-31)29(36)23(2)3)12-15-34(30(28)37)22-27(35)21-32-14-10-24-8-5-6-9-26(24)20-32/h4-9,11,13,23,27,35H,10,12,14-22H2,1-3H3/b7-4-,13-11+. The smallest absolute Gasteiger partial charge is 0.254 e. The monoisotopic (exact) mass is 506 g/mol. The highest BCUT2D eigenvalue weighted by Gasteiger charge is 2.28. The molecule has 3 aliphatic rings. The molecule has 1 atom stereocenters. The number of carbonyl (C=O) groups is 2. The van der Waals surface area contributed by atoms with E-state index < -0.39 is 6.10 Å². The van der Waals surface area contributed by atoms with Gasteiger partial charge >= 0.3 is 0 Å². The quantitative estimate of drug-likeness (QED) is 0.587. The van der Waals surface area contributed by atoms with Crippen molar-refractivity contribution in [2.45, 2.75) is 46.3 Å². The van der Waals surface area contributed by atoms with Gasteiger partial charge in [0.1, 0.15) is 0 Å². The molecule has 0 saturated carbocycles. The van der Waals surface area contributed by atoms with Crippen LogP contribution in [0.25, 0.3) is 0 Å². The van der Waals surface area contributed by atoms with Crippen LogP contribution in [0.2, 0.25) is 0 Å². The van der Waals surface area contributed by atoms with E-state index in [9.17, 15) is 14.7 Å². The summed E-state index contributed by atoms with van der Waals surface area (Å²) in [6.45, 7) is 12.2. The van der Waals surface area contributed by atoms with E-state index >= 15 is 0 Å². The van der Waals surface area contributed by atoms with Crippen molar-refractivity contribution in [3.05, 3.63) is 71.0 Å².